The Hall–Kier alpha value is -3.18. The van der Waals surface area contributed by atoms with E-state index < -0.39 is 11.6 Å². The molecule has 0 bridgehead atoms. The Morgan fingerprint density at radius 2 is 1.50 bits per heavy atom. The average Bonchev–Trinajstić information content (AvgIpc) is 2.92. The lowest BCUT2D eigenvalue weighted by Gasteiger charge is -2.23. The molecule has 0 amide bonds. The van der Waals surface area contributed by atoms with Gasteiger partial charge >= 0.3 is 0 Å². The minimum Gasteiger partial charge on any atom is -0.491 e. The lowest BCUT2D eigenvalue weighted by Crippen LogP contribution is -2.16. The molecule has 1 aliphatic rings. The van der Waals surface area contributed by atoms with Crippen LogP contribution in [0, 0.1) is 11.6 Å². The van der Waals surface area contributed by atoms with Crippen LogP contribution in [0.3, 0.4) is 0 Å². The third kappa shape index (κ3) is 6.52. The first-order chi connectivity index (χ1) is 17.6. The Labute approximate surface area is 212 Å². The zero-order valence-corrected chi connectivity index (χ0v) is 21.0. The van der Waals surface area contributed by atoms with Crippen molar-refractivity contribution in [2.45, 2.75) is 58.2 Å². The lowest BCUT2D eigenvalue weighted by atomic mass is 9.87. The standard InChI is InChI=1S/C31H34F2O3/c1-3-5-20-35-27-15-10-24(11-16-27)22-6-8-23(9-7-22)25-12-17-28(18-13-25)36-21-26-14-19-29(34-4-2)31(33)30(26)32/h6-10,12-15,17-19,24,27H,3-5,11,16,20-21H2,1-2H3. The van der Waals surface area contributed by atoms with E-state index in [1.807, 2.05) is 24.3 Å². The summed E-state index contributed by atoms with van der Waals surface area (Å²) in [5.41, 5.74) is 3.64. The molecule has 1 aliphatic carbocycles. The SMILES string of the molecule is CCCCOC1C=CC(c2ccc(-c3ccc(OCc4ccc(OCC)c(F)c4F)cc3)cc2)CC1. The Bertz CT molecular complexity index is 1140. The summed E-state index contributed by atoms with van der Waals surface area (Å²) in [5, 5.41) is 0. The first kappa shape index (κ1) is 25.9. The van der Waals surface area contributed by atoms with Crippen molar-refractivity contribution in [3.8, 4) is 22.6 Å². The van der Waals surface area contributed by atoms with Gasteiger partial charge in [0.25, 0.3) is 0 Å². The molecule has 0 spiro atoms. The van der Waals surface area contributed by atoms with E-state index in [4.69, 9.17) is 14.2 Å². The van der Waals surface area contributed by atoms with Crippen LogP contribution in [0.25, 0.3) is 11.1 Å². The number of hydrogen-bond donors (Lipinski definition) is 0. The van der Waals surface area contributed by atoms with E-state index in [1.54, 1.807) is 6.92 Å². The van der Waals surface area contributed by atoms with Crippen molar-refractivity contribution in [2.75, 3.05) is 13.2 Å². The third-order valence-corrected chi connectivity index (χ3v) is 6.50. The summed E-state index contributed by atoms with van der Waals surface area (Å²) in [6.07, 6.45) is 9.16. The van der Waals surface area contributed by atoms with Crippen LogP contribution < -0.4 is 9.47 Å². The molecule has 4 rings (SSSR count). The molecular formula is C31H34F2O3. The fraction of sp³-hybridized carbons (Fsp3) is 0.355. The van der Waals surface area contributed by atoms with Gasteiger partial charge < -0.3 is 14.2 Å². The van der Waals surface area contributed by atoms with Crippen LogP contribution in [-0.4, -0.2) is 19.3 Å². The van der Waals surface area contributed by atoms with Crippen molar-refractivity contribution in [1.29, 1.82) is 0 Å². The Balaban J connectivity index is 1.33. The van der Waals surface area contributed by atoms with Gasteiger partial charge in [0.2, 0.25) is 5.82 Å². The minimum absolute atomic E-state index is 0.0669. The molecule has 0 heterocycles. The maximum Gasteiger partial charge on any atom is 0.201 e. The van der Waals surface area contributed by atoms with Gasteiger partial charge in [0.1, 0.15) is 12.4 Å². The van der Waals surface area contributed by atoms with Gasteiger partial charge in [-0.25, -0.2) is 4.39 Å². The molecule has 5 heteroatoms. The third-order valence-electron chi connectivity index (χ3n) is 6.50. The Kier molecular flexibility index (Phi) is 9.12. The predicted octanol–water partition coefficient (Wildman–Crippen LogP) is 8.23. The van der Waals surface area contributed by atoms with Crippen LogP contribution in [0.1, 0.15) is 56.6 Å². The van der Waals surface area contributed by atoms with Crippen molar-refractivity contribution in [3.63, 3.8) is 0 Å². The topological polar surface area (TPSA) is 27.7 Å². The second-order valence-electron chi connectivity index (χ2n) is 9.05. The molecule has 3 aromatic rings. The van der Waals surface area contributed by atoms with Gasteiger partial charge in [-0.1, -0.05) is 61.9 Å². The van der Waals surface area contributed by atoms with Crippen LogP contribution in [-0.2, 0) is 11.3 Å². The molecule has 0 aromatic heterocycles. The smallest absolute Gasteiger partial charge is 0.201 e. The van der Waals surface area contributed by atoms with Gasteiger partial charge in [0.15, 0.2) is 11.6 Å². The lowest BCUT2D eigenvalue weighted by molar-refractivity contribution is 0.0718. The molecule has 3 aromatic carbocycles. The molecule has 3 nitrogen and oxygen atoms in total. The van der Waals surface area contributed by atoms with E-state index >= 15 is 0 Å². The summed E-state index contributed by atoms with van der Waals surface area (Å²) in [4.78, 5) is 0. The van der Waals surface area contributed by atoms with E-state index in [0.29, 0.717) is 11.7 Å². The fourth-order valence-electron chi connectivity index (χ4n) is 4.37. The zero-order valence-electron chi connectivity index (χ0n) is 21.0. The van der Waals surface area contributed by atoms with Crippen LogP contribution >= 0.6 is 0 Å². The van der Waals surface area contributed by atoms with E-state index in [1.165, 1.54) is 17.7 Å². The first-order valence-corrected chi connectivity index (χ1v) is 12.8. The molecule has 0 aliphatic heterocycles. The number of rotatable bonds is 11. The second kappa shape index (κ2) is 12.7. The van der Waals surface area contributed by atoms with Crippen molar-refractivity contribution in [1.82, 2.24) is 0 Å². The monoisotopic (exact) mass is 492 g/mol. The molecule has 2 unspecified atom stereocenters. The molecule has 0 fully saturated rings. The minimum atomic E-state index is -0.986. The van der Waals surface area contributed by atoms with Gasteiger partial charge in [-0.15, -0.1) is 0 Å². The van der Waals surface area contributed by atoms with E-state index in [9.17, 15) is 8.78 Å². The highest BCUT2D eigenvalue weighted by Gasteiger charge is 2.18. The molecule has 36 heavy (non-hydrogen) atoms. The molecule has 0 saturated carbocycles. The molecule has 190 valence electrons. The van der Waals surface area contributed by atoms with Gasteiger partial charge in [0.05, 0.1) is 12.7 Å². The molecular weight excluding hydrogens is 458 g/mol. The van der Waals surface area contributed by atoms with Gasteiger partial charge in [0, 0.05) is 18.1 Å². The Morgan fingerprint density at radius 3 is 2.14 bits per heavy atom. The fourth-order valence-corrected chi connectivity index (χ4v) is 4.37. The number of benzene rings is 3. The molecule has 0 saturated heterocycles. The maximum atomic E-state index is 14.3. The highest BCUT2D eigenvalue weighted by Crippen LogP contribution is 2.31. The van der Waals surface area contributed by atoms with E-state index in [2.05, 4.69) is 43.3 Å². The van der Waals surface area contributed by atoms with Gasteiger partial charge in [-0.3, -0.25) is 0 Å². The average molecular weight is 493 g/mol. The first-order valence-electron chi connectivity index (χ1n) is 12.8. The summed E-state index contributed by atoms with van der Waals surface area (Å²) < 4.78 is 45.1. The maximum absolute atomic E-state index is 14.3. The number of unbranched alkanes of at least 4 members (excludes halogenated alkanes) is 1. The van der Waals surface area contributed by atoms with Gasteiger partial charge in [-0.05, 0) is 67.1 Å². The van der Waals surface area contributed by atoms with Crippen LogP contribution in [0.2, 0.25) is 0 Å². The van der Waals surface area contributed by atoms with Crippen molar-refractivity contribution < 1.29 is 23.0 Å². The normalized spacial score (nSPS) is 17.2. The molecule has 2 atom stereocenters. The van der Waals surface area contributed by atoms with Gasteiger partial charge in [-0.2, -0.15) is 4.39 Å². The summed E-state index contributed by atoms with van der Waals surface area (Å²) in [5.74, 6) is -0.999. The number of hydrogen-bond acceptors (Lipinski definition) is 3. The summed E-state index contributed by atoms with van der Waals surface area (Å²) in [7, 11) is 0. The highest BCUT2D eigenvalue weighted by molar-refractivity contribution is 5.64. The van der Waals surface area contributed by atoms with Crippen LogP contribution in [0.4, 0.5) is 8.78 Å². The van der Waals surface area contributed by atoms with Crippen LogP contribution in [0.5, 0.6) is 11.5 Å². The second-order valence-corrected chi connectivity index (χ2v) is 9.05. The van der Waals surface area contributed by atoms with Crippen molar-refractivity contribution in [2.24, 2.45) is 0 Å². The summed E-state index contributed by atoms with van der Waals surface area (Å²) >= 11 is 0. The van der Waals surface area contributed by atoms with Crippen LogP contribution in [0.15, 0.2) is 72.8 Å². The molecule has 0 radical (unpaired) electrons. The summed E-state index contributed by atoms with van der Waals surface area (Å²) in [6.45, 7) is 4.95. The number of halogens is 2. The largest absolute Gasteiger partial charge is 0.491 e. The van der Waals surface area contributed by atoms with Crippen molar-refractivity contribution >= 4 is 0 Å². The van der Waals surface area contributed by atoms with Crippen molar-refractivity contribution in [3.05, 3.63) is 95.6 Å². The highest BCUT2D eigenvalue weighted by atomic mass is 19.2. The van der Waals surface area contributed by atoms with E-state index in [0.717, 1.165) is 43.4 Å². The van der Waals surface area contributed by atoms with E-state index in [-0.39, 0.29) is 30.6 Å². The quantitative estimate of drug-likeness (QED) is 0.199. The summed E-state index contributed by atoms with van der Waals surface area (Å²) in [6, 6.07) is 19.2. The number of ether oxygens (including phenoxy) is 3. The Morgan fingerprint density at radius 1 is 0.778 bits per heavy atom. The molecule has 0 N–H and O–H groups in total. The zero-order chi connectivity index (χ0) is 25.3. The predicted molar refractivity (Wildman–Crippen MR) is 139 cm³/mol. The number of allylic oxidation sites excluding steroid dienone is 1.